The number of hydrogen-bond donors (Lipinski definition) is 1. The molecule has 144 valence electrons. The molecule has 1 aliphatic heterocycles. The summed E-state index contributed by atoms with van der Waals surface area (Å²) in [5, 5.41) is 3.03. The van der Waals surface area contributed by atoms with Crippen LogP contribution in [0, 0.1) is 0 Å². The molecule has 0 aromatic heterocycles. The number of rotatable bonds is 6. The number of benzene rings is 2. The number of carbonyl (C=O) groups is 1. The van der Waals surface area contributed by atoms with Gasteiger partial charge in [0.25, 0.3) is 0 Å². The highest BCUT2D eigenvalue weighted by molar-refractivity contribution is 5.74. The van der Waals surface area contributed by atoms with Gasteiger partial charge >= 0.3 is 6.03 Å². The van der Waals surface area contributed by atoms with E-state index in [1.807, 2.05) is 49.1 Å². The van der Waals surface area contributed by atoms with Gasteiger partial charge in [-0.15, -0.1) is 0 Å². The number of piperazine rings is 1. The van der Waals surface area contributed by atoms with Crippen molar-refractivity contribution in [3.63, 3.8) is 0 Å². The Morgan fingerprint density at radius 1 is 1.00 bits per heavy atom. The average molecular weight is 367 g/mol. The molecule has 0 radical (unpaired) electrons. The average Bonchev–Trinajstić information content (AvgIpc) is 2.69. The van der Waals surface area contributed by atoms with E-state index in [1.54, 1.807) is 0 Å². The second-order valence-electron chi connectivity index (χ2n) is 7.10. The molecule has 27 heavy (non-hydrogen) atoms. The van der Waals surface area contributed by atoms with Crippen LogP contribution in [0.1, 0.15) is 19.4 Å². The normalized spacial score (nSPS) is 14.3. The van der Waals surface area contributed by atoms with Crippen molar-refractivity contribution in [1.82, 2.24) is 10.2 Å². The lowest BCUT2D eigenvalue weighted by atomic mass is 10.1. The molecule has 0 bridgehead atoms. The molecule has 5 nitrogen and oxygen atoms in total. The van der Waals surface area contributed by atoms with Gasteiger partial charge in [0, 0.05) is 38.4 Å². The van der Waals surface area contributed by atoms with E-state index in [4.69, 9.17) is 4.74 Å². The summed E-state index contributed by atoms with van der Waals surface area (Å²) in [6.07, 6.45) is 1.04. The third kappa shape index (κ3) is 5.64. The van der Waals surface area contributed by atoms with Crippen LogP contribution in [0.25, 0.3) is 0 Å². The van der Waals surface area contributed by atoms with Gasteiger partial charge in [0.05, 0.1) is 6.10 Å². The molecule has 2 aromatic rings. The molecule has 3 rings (SSSR count). The predicted octanol–water partition coefficient (Wildman–Crippen LogP) is 3.55. The van der Waals surface area contributed by atoms with E-state index in [0.717, 1.165) is 38.3 Å². The van der Waals surface area contributed by atoms with Gasteiger partial charge in [-0.1, -0.05) is 30.3 Å². The highest BCUT2D eigenvalue weighted by atomic mass is 16.5. The lowest BCUT2D eigenvalue weighted by Gasteiger charge is -2.36. The van der Waals surface area contributed by atoms with Crippen LogP contribution in [-0.4, -0.2) is 49.8 Å². The van der Waals surface area contributed by atoms with E-state index >= 15 is 0 Å². The minimum Gasteiger partial charge on any atom is -0.491 e. The highest BCUT2D eigenvalue weighted by Gasteiger charge is 2.21. The standard InChI is InChI=1S/C22H29N3O2/c1-18(2)27-21-10-8-20(9-11-21)24-14-16-25(17-15-24)22(26)23-13-12-19-6-4-3-5-7-19/h3-11,18H,12-17H2,1-2H3,(H,23,26). The second-order valence-corrected chi connectivity index (χ2v) is 7.10. The summed E-state index contributed by atoms with van der Waals surface area (Å²) in [5.41, 5.74) is 2.42. The van der Waals surface area contributed by atoms with Gasteiger partial charge < -0.3 is 19.9 Å². The Kier molecular flexibility index (Phi) is 6.58. The fourth-order valence-electron chi connectivity index (χ4n) is 3.25. The number of urea groups is 1. The first-order valence-corrected chi connectivity index (χ1v) is 9.70. The van der Waals surface area contributed by atoms with Crippen molar-refractivity contribution in [1.29, 1.82) is 0 Å². The zero-order chi connectivity index (χ0) is 19.1. The van der Waals surface area contributed by atoms with Gasteiger partial charge in [-0.2, -0.15) is 0 Å². The van der Waals surface area contributed by atoms with Crippen LogP contribution in [-0.2, 0) is 6.42 Å². The number of anilines is 1. The molecule has 0 unspecified atom stereocenters. The summed E-state index contributed by atoms with van der Waals surface area (Å²) >= 11 is 0. The quantitative estimate of drug-likeness (QED) is 0.849. The van der Waals surface area contributed by atoms with Crippen molar-refractivity contribution >= 4 is 11.7 Å². The van der Waals surface area contributed by atoms with Crippen molar-refractivity contribution in [2.45, 2.75) is 26.4 Å². The Bertz CT molecular complexity index is 708. The smallest absolute Gasteiger partial charge is 0.317 e. The Hall–Kier alpha value is -2.69. The van der Waals surface area contributed by atoms with Crippen molar-refractivity contribution in [2.75, 3.05) is 37.6 Å². The van der Waals surface area contributed by atoms with E-state index in [0.29, 0.717) is 6.54 Å². The summed E-state index contributed by atoms with van der Waals surface area (Å²) in [6, 6.07) is 18.5. The molecule has 1 aliphatic rings. The largest absolute Gasteiger partial charge is 0.491 e. The zero-order valence-electron chi connectivity index (χ0n) is 16.2. The van der Waals surface area contributed by atoms with Crippen LogP contribution >= 0.6 is 0 Å². The van der Waals surface area contributed by atoms with Gasteiger partial charge in [-0.25, -0.2) is 4.79 Å². The van der Waals surface area contributed by atoms with Crippen LogP contribution in [0.5, 0.6) is 5.75 Å². The minimum absolute atomic E-state index is 0.0336. The fourth-order valence-corrected chi connectivity index (χ4v) is 3.25. The van der Waals surface area contributed by atoms with Gasteiger partial charge in [0.15, 0.2) is 0 Å². The monoisotopic (exact) mass is 367 g/mol. The molecule has 0 spiro atoms. The topological polar surface area (TPSA) is 44.8 Å². The Morgan fingerprint density at radius 2 is 1.67 bits per heavy atom. The fraction of sp³-hybridized carbons (Fsp3) is 0.409. The number of carbonyl (C=O) groups excluding carboxylic acids is 1. The first-order valence-electron chi connectivity index (χ1n) is 9.70. The first-order chi connectivity index (χ1) is 13.1. The van der Waals surface area contributed by atoms with E-state index < -0.39 is 0 Å². The van der Waals surface area contributed by atoms with Crippen LogP contribution in [0.2, 0.25) is 0 Å². The molecule has 1 heterocycles. The van der Waals surface area contributed by atoms with Crippen molar-refractivity contribution in [3.8, 4) is 5.75 Å². The van der Waals surface area contributed by atoms with Gasteiger partial charge in [0.2, 0.25) is 0 Å². The highest BCUT2D eigenvalue weighted by Crippen LogP contribution is 2.21. The van der Waals surface area contributed by atoms with E-state index in [1.165, 1.54) is 11.3 Å². The molecule has 1 saturated heterocycles. The summed E-state index contributed by atoms with van der Waals surface area (Å²) in [6.45, 7) is 7.88. The molecule has 1 N–H and O–H groups in total. The first kappa shape index (κ1) is 19.1. The Labute approximate surface area is 161 Å². The maximum Gasteiger partial charge on any atom is 0.317 e. The molecule has 2 aromatic carbocycles. The van der Waals surface area contributed by atoms with Crippen LogP contribution in [0.4, 0.5) is 10.5 Å². The molecular formula is C22H29N3O2. The van der Waals surface area contributed by atoms with Crippen LogP contribution in [0.3, 0.4) is 0 Å². The maximum absolute atomic E-state index is 12.4. The lowest BCUT2D eigenvalue weighted by molar-refractivity contribution is 0.194. The molecule has 2 amide bonds. The van der Waals surface area contributed by atoms with Crippen molar-refractivity contribution in [2.24, 2.45) is 0 Å². The third-order valence-electron chi connectivity index (χ3n) is 4.67. The van der Waals surface area contributed by atoms with Crippen LogP contribution < -0.4 is 15.0 Å². The molecule has 0 aliphatic carbocycles. The van der Waals surface area contributed by atoms with Crippen molar-refractivity contribution < 1.29 is 9.53 Å². The van der Waals surface area contributed by atoms with E-state index in [9.17, 15) is 4.79 Å². The second kappa shape index (κ2) is 9.31. The Balaban J connectivity index is 1.42. The maximum atomic E-state index is 12.4. The SMILES string of the molecule is CC(C)Oc1ccc(N2CCN(C(=O)NCCc3ccccc3)CC2)cc1. The number of nitrogens with zero attached hydrogens (tertiary/aromatic N) is 2. The summed E-state index contributed by atoms with van der Waals surface area (Å²) in [5.74, 6) is 0.894. The third-order valence-corrected chi connectivity index (χ3v) is 4.67. The van der Waals surface area contributed by atoms with Gasteiger partial charge in [0.1, 0.15) is 5.75 Å². The molecular weight excluding hydrogens is 338 g/mol. The molecule has 1 fully saturated rings. The summed E-state index contributed by atoms with van der Waals surface area (Å²) in [4.78, 5) is 16.6. The minimum atomic E-state index is 0.0336. The zero-order valence-corrected chi connectivity index (χ0v) is 16.2. The number of amides is 2. The lowest BCUT2D eigenvalue weighted by Crippen LogP contribution is -2.52. The predicted molar refractivity (Wildman–Crippen MR) is 110 cm³/mol. The molecule has 0 saturated carbocycles. The summed E-state index contributed by atoms with van der Waals surface area (Å²) in [7, 11) is 0. The van der Waals surface area contributed by atoms with Crippen molar-refractivity contribution in [3.05, 3.63) is 60.2 Å². The number of hydrogen-bond acceptors (Lipinski definition) is 3. The summed E-state index contributed by atoms with van der Waals surface area (Å²) < 4.78 is 5.69. The number of nitrogens with one attached hydrogen (secondary N) is 1. The molecule has 5 heteroatoms. The van der Waals surface area contributed by atoms with Gasteiger partial charge in [-0.3, -0.25) is 0 Å². The van der Waals surface area contributed by atoms with Crippen LogP contribution in [0.15, 0.2) is 54.6 Å². The van der Waals surface area contributed by atoms with Gasteiger partial charge in [-0.05, 0) is 50.1 Å². The Morgan fingerprint density at radius 3 is 2.30 bits per heavy atom. The molecule has 0 atom stereocenters. The number of ether oxygens (including phenoxy) is 1. The van der Waals surface area contributed by atoms with E-state index in [2.05, 4.69) is 34.5 Å². The van der Waals surface area contributed by atoms with E-state index in [-0.39, 0.29) is 12.1 Å².